The van der Waals surface area contributed by atoms with Gasteiger partial charge in [-0.05, 0) is 43.0 Å². The second-order valence-electron chi connectivity index (χ2n) is 7.04. The lowest BCUT2D eigenvalue weighted by Gasteiger charge is -2.32. The predicted molar refractivity (Wildman–Crippen MR) is 83.0 cm³/mol. The van der Waals surface area contributed by atoms with E-state index in [4.69, 9.17) is 9.31 Å². The SMILES string of the molecule is CC1(C)OB(c2ccsc2[Si](C)(C)C)OC1(C)C. The summed E-state index contributed by atoms with van der Waals surface area (Å²) in [4.78, 5) is 0. The molecule has 0 radical (unpaired) electrons. The molecular formula is C13H23BO2SSi. The summed E-state index contributed by atoms with van der Waals surface area (Å²) in [5.74, 6) is 0. The molecule has 1 aliphatic heterocycles. The standard InChI is InChI=1S/C13H23BO2SSi/c1-12(2)13(3,4)16-14(15-12)10-8-9-17-11(10)18(5,6)7/h8-9H,1-7H3. The van der Waals surface area contributed by atoms with Crippen molar-refractivity contribution in [1.29, 1.82) is 0 Å². The molecule has 1 aromatic heterocycles. The van der Waals surface area contributed by atoms with Gasteiger partial charge in [-0.25, -0.2) is 0 Å². The molecular weight excluding hydrogens is 259 g/mol. The van der Waals surface area contributed by atoms with Crippen LogP contribution in [0.15, 0.2) is 11.4 Å². The minimum Gasteiger partial charge on any atom is -0.399 e. The minimum absolute atomic E-state index is 0.206. The Hall–Kier alpha value is -0.0982. The van der Waals surface area contributed by atoms with Crippen molar-refractivity contribution in [2.24, 2.45) is 0 Å². The van der Waals surface area contributed by atoms with Gasteiger partial charge >= 0.3 is 7.12 Å². The maximum absolute atomic E-state index is 6.15. The highest BCUT2D eigenvalue weighted by atomic mass is 32.1. The van der Waals surface area contributed by atoms with Crippen LogP contribution in [0.25, 0.3) is 0 Å². The molecule has 0 atom stereocenters. The molecule has 100 valence electrons. The Kier molecular flexibility index (Phi) is 3.34. The first-order chi connectivity index (χ1) is 8.05. The van der Waals surface area contributed by atoms with E-state index in [1.165, 1.54) is 9.96 Å². The van der Waals surface area contributed by atoms with Crippen molar-refractivity contribution in [2.45, 2.75) is 58.5 Å². The van der Waals surface area contributed by atoms with E-state index < -0.39 is 8.07 Å². The molecule has 0 unspecified atom stereocenters. The predicted octanol–water partition coefficient (Wildman–Crippen LogP) is 2.59. The summed E-state index contributed by atoms with van der Waals surface area (Å²) in [5.41, 5.74) is 0.741. The zero-order chi connectivity index (χ0) is 13.8. The van der Waals surface area contributed by atoms with Crippen LogP contribution in [0.4, 0.5) is 0 Å². The number of rotatable bonds is 2. The van der Waals surface area contributed by atoms with Crippen molar-refractivity contribution in [3.63, 3.8) is 0 Å². The van der Waals surface area contributed by atoms with Gasteiger partial charge in [-0.15, -0.1) is 0 Å². The maximum atomic E-state index is 6.15. The highest BCUT2D eigenvalue weighted by molar-refractivity contribution is 7.27. The van der Waals surface area contributed by atoms with E-state index in [1.54, 1.807) is 0 Å². The number of thiophene rings is 1. The molecule has 2 heterocycles. The van der Waals surface area contributed by atoms with Crippen LogP contribution in [0, 0.1) is 0 Å². The Morgan fingerprint density at radius 1 is 1.06 bits per heavy atom. The zero-order valence-corrected chi connectivity index (χ0v) is 14.3. The van der Waals surface area contributed by atoms with Crippen LogP contribution in [0.2, 0.25) is 19.6 Å². The fourth-order valence-electron chi connectivity index (χ4n) is 2.08. The van der Waals surface area contributed by atoms with Gasteiger partial charge in [-0.2, -0.15) is 11.3 Å². The van der Waals surface area contributed by atoms with E-state index in [0.29, 0.717) is 0 Å². The number of hydrogen-bond acceptors (Lipinski definition) is 3. The van der Waals surface area contributed by atoms with Gasteiger partial charge in [0.05, 0.1) is 19.3 Å². The molecule has 1 saturated heterocycles. The highest BCUT2D eigenvalue weighted by Gasteiger charge is 2.52. The van der Waals surface area contributed by atoms with Crippen LogP contribution < -0.4 is 9.96 Å². The molecule has 0 bridgehead atoms. The van der Waals surface area contributed by atoms with Gasteiger partial charge in [-0.1, -0.05) is 25.7 Å². The molecule has 0 aromatic carbocycles. The lowest BCUT2D eigenvalue weighted by atomic mass is 9.81. The summed E-state index contributed by atoms with van der Waals surface area (Å²) in [7, 11) is -1.53. The fraction of sp³-hybridized carbons (Fsp3) is 0.692. The molecule has 0 amide bonds. The molecule has 0 aliphatic carbocycles. The van der Waals surface area contributed by atoms with Crippen LogP contribution in [0.5, 0.6) is 0 Å². The summed E-state index contributed by atoms with van der Waals surface area (Å²) in [6, 6.07) is 2.17. The van der Waals surface area contributed by atoms with Crippen molar-refractivity contribution in [3.05, 3.63) is 11.4 Å². The van der Waals surface area contributed by atoms with Crippen LogP contribution >= 0.6 is 11.3 Å². The van der Waals surface area contributed by atoms with Crippen LogP contribution in [0.3, 0.4) is 0 Å². The van der Waals surface area contributed by atoms with Gasteiger partial charge in [0.1, 0.15) is 0 Å². The van der Waals surface area contributed by atoms with Gasteiger partial charge in [0.15, 0.2) is 0 Å². The second-order valence-corrected chi connectivity index (χ2v) is 13.3. The molecule has 18 heavy (non-hydrogen) atoms. The van der Waals surface area contributed by atoms with E-state index in [0.717, 1.165) is 0 Å². The Labute approximate surface area is 116 Å². The van der Waals surface area contributed by atoms with E-state index in [9.17, 15) is 0 Å². The molecule has 5 heteroatoms. The van der Waals surface area contributed by atoms with Crippen molar-refractivity contribution < 1.29 is 9.31 Å². The van der Waals surface area contributed by atoms with Crippen molar-refractivity contribution >= 4 is 36.5 Å². The second kappa shape index (κ2) is 4.20. The maximum Gasteiger partial charge on any atom is 0.495 e. The Bertz CT molecular complexity index is 432. The summed E-state index contributed by atoms with van der Waals surface area (Å²) >= 11 is 1.85. The van der Waals surface area contributed by atoms with Gasteiger partial charge in [-0.3, -0.25) is 0 Å². The minimum atomic E-state index is -1.33. The first kappa shape index (κ1) is 14.3. The third kappa shape index (κ3) is 2.33. The summed E-state index contributed by atoms with van der Waals surface area (Å²) in [6.07, 6.45) is 0. The molecule has 1 aliphatic rings. The topological polar surface area (TPSA) is 18.5 Å². The molecule has 1 fully saturated rings. The van der Waals surface area contributed by atoms with Crippen molar-refractivity contribution in [3.8, 4) is 0 Å². The van der Waals surface area contributed by atoms with Gasteiger partial charge in [0, 0.05) is 0 Å². The Morgan fingerprint density at radius 3 is 2.00 bits per heavy atom. The van der Waals surface area contributed by atoms with Gasteiger partial charge < -0.3 is 9.31 Å². The fourth-order valence-corrected chi connectivity index (χ4v) is 5.42. The molecule has 0 N–H and O–H groups in total. The third-order valence-corrected chi connectivity index (χ3v) is 8.47. The Balaban J connectivity index is 2.34. The average molecular weight is 282 g/mol. The average Bonchev–Trinajstić information content (AvgIpc) is 2.68. The highest BCUT2D eigenvalue weighted by Crippen LogP contribution is 2.36. The first-order valence-electron chi connectivity index (χ1n) is 6.48. The lowest BCUT2D eigenvalue weighted by molar-refractivity contribution is 0.00578. The number of hydrogen-bond donors (Lipinski definition) is 0. The molecule has 2 nitrogen and oxygen atoms in total. The third-order valence-electron chi connectivity index (χ3n) is 3.88. The van der Waals surface area contributed by atoms with Crippen molar-refractivity contribution in [1.82, 2.24) is 0 Å². The summed E-state index contributed by atoms with van der Waals surface area (Å²) < 4.78 is 13.8. The monoisotopic (exact) mass is 282 g/mol. The largest absolute Gasteiger partial charge is 0.495 e. The first-order valence-corrected chi connectivity index (χ1v) is 10.9. The quantitative estimate of drug-likeness (QED) is 0.776. The normalized spacial score (nSPS) is 22.5. The summed E-state index contributed by atoms with van der Waals surface area (Å²) in [6.45, 7) is 15.5. The van der Waals surface area contributed by atoms with E-state index in [1.807, 2.05) is 11.3 Å². The van der Waals surface area contributed by atoms with Gasteiger partial charge in [0.2, 0.25) is 0 Å². The lowest BCUT2D eigenvalue weighted by Crippen LogP contribution is -2.51. The van der Waals surface area contributed by atoms with Crippen LogP contribution in [-0.4, -0.2) is 26.4 Å². The smallest absolute Gasteiger partial charge is 0.399 e. The van der Waals surface area contributed by atoms with Crippen LogP contribution in [-0.2, 0) is 9.31 Å². The van der Waals surface area contributed by atoms with E-state index >= 15 is 0 Å². The van der Waals surface area contributed by atoms with Gasteiger partial charge in [0.25, 0.3) is 0 Å². The zero-order valence-electron chi connectivity index (χ0n) is 12.5. The molecule has 0 spiro atoms. The van der Waals surface area contributed by atoms with Crippen molar-refractivity contribution in [2.75, 3.05) is 0 Å². The molecule has 0 saturated carbocycles. The summed E-state index contributed by atoms with van der Waals surface area (Å²) in [5, 5.41) is 2.16. The molecule has 2 rings (SSSR count). The molecule has 1 aromatic rings. The van der Waals surface area contributed by atoms with E-state index in [-0.39, 0.29) is 18.3 Å². The van der Waals surface area contributed by atoms with Crippen LogP contribution in [0.1, 0.15) is 27.7 Å². The van der Waals surface area contributed by atoms with E-state index in [2.05, 4.69) is 58.8 Å². The Morgan fingerprint density at radius 2 is 1.56 bits per heavy atom.